The van der Waals surface area contributed by atoms with Crippen molar-refractivity contribution in [3.8, 4) is 11.5 Å². The van der Waals surface area contributed by atoms with Gasteiger partial charge in [0, 0.05) is 30.6 Å². The predicted octanol–water partition coefficient (Wildman–Crippen LogP) is 2.39. The number of hydrazone groups is 1. The molecule has 10 heteroatoms. The van der Waals surface area contributed by atoms with Crippen LogP contribution in [0.3, 0.4) is 0 Å². The minimum absolute atomic E-state index is 0.0996. The van der Waals surface area contributed by atoms with E-state index in [0.717, 1.165) is 0 Å². The largest absolute Gasteiger partial charge is 0.493 e. The Labute approximate surface area is 180 Å². The van der Waals surface area contributed by atoms with Crippen LogP contribution in [0.5, 0.6) is 11.5 Å². The minimum Gasteiger partial charge on any atom is -0.493 e. The number of benzene rings is 2. The van der Waals surface area contributed by atoms with Crippen molar-refractivity contribution >= 4 is 22.1 Å². The van der Waals surface area contributed by atoms with E-state index in [2.05, 4.69) is 10.5 Å². The lowest BCUT2D eigenvalue weighted by Gasteiger charge is -2.30. The second-order valence-electron chi connectivity index (χ2n) is 6.95. The molecule has 0 spiro atoms. The van der Waals surface area contributed by atoms with E-state index >= 15 is 0 Å². The van der Waals surface area contributed by atoms with Crippen LogP contribution in [-0.4, -0.2) is 52.2 Å². The highest BCUT2D eigenvalue weighted by Gasteiger charge is 2.32. The molecule has 1 N–H and O–H groups in total. The van der Waals surface area contributed by atoms with Gasteiger partial charge in [-0.15, -0.1) is 0 Å². The number of hydrogen-bond donors (Lipinski definition) is 1. The third kappa shape index (κ3) is 5.20. The summed E-state index contributed by atoms with van der Waals surface area (Å²) in [6.45, 7) is 0.400. The number of amides is 1. The number of sulfonamides is 1. The smallest absolute Gasteiger partial charge is 0.243 e. The predicted molar refractivity (Wildman–Crippen MR) is 113 cm³/mol. The summed E-state index contributed by atoms with van der Waals surface area (Å²) in [7, 11) is -0.820. The second kappa shape index (κ2) is 9.88. The van der Waals surface area contributed by atoms with Crippen LogP contribution in [0.1, 0.15) is 18.4 Å². The van der Waals surface area contributed by atoms with E-state index in [4.69, 9.17) is 9.47 Å². The van der Waals surface area contributed by atoms with E-state index in [0.29, 0.717) is 24.3 Å². The maximum absolute atomic E-state index is 13.6. The highest BCUT2D eigenvalue weighted by molar-refractivity contribution is 7.89. The number of carbonyl (C=O) groups is 1. The molecule has 0 unspecified atom stereocenters. The molecule has 0 radical (unpaired) electrons. The molecule has 3 rings (SSSR count). The molecule has 2 aromatic carbocycles. The Morgan fingerprint density at radius 1 is 1.13 bits per heavy atom. The quantitative estimate of drug-likeness (QED) is 0.517. The van der Waals surface area contributed by atoms with Crippen molar-refractivity contribution < 1.29 is 27.1 Å². The molecule has 1 aliphatic heterocycles. The third-order valence-corrected chi connectivity index (χ3v) is 7.00. The number of piperidine rings is 1. The van der Waals surface area contributed by atoms with Gasteiger partial charge in [-0.2, -0.15) is 9.41 Å². The van der Waals surface area contributed by atoms with E-state index in [1.54, 1.807) is 24.3 Å². The Balaban J connectivity index is 1.59. The zero-order chi connectivity index (χ0) is 22.4. The number of carbonyl (C=O) groups excluding carboxylic acids is 1. The number of ether oxygens (including phenoxy) is 2. The van der Waals surface area contributed by atoms with Gasteiger partial charge in [-0.25, -0.2) is 18.2 Å². The first-order chi connectivity index (χ1) is 14.9. The minimum atomic E-state index is -3.73. The first-order valence-corrected chi connectivity index (χ1v) is 11.1. The number of rotatable bonds is 7. The van der Waals surface area contributed by atoms with Crippen molar-refractivity contribution in [2.45, 2.75) is 17.7 Å². The number of hydrogen-bond acceptors (Lipinski definition) is 6. The van der Waals surface area contributed by atoms with E-state index in [9.17, 15) is 17.6 Å². The van der Waals surface area contributed by atoms with E-state index in [1.807, 2.05) is 0 Å². The van der Waals surface area contributed by atoms with Gasteiger partial charge in [-0.3, -0.25) is 4.79 Å². The molecule has 1 aliphatic rings. The molecule has 1 amide bonds. The van der Waals surface area contributed by atoms with Crippen molar-refractivity contribution in [1.82, 2.24) is 9.73 Å². The molecule has 1 saturated heterocycles. The first kappa shape index (κ1) is 22.7. The molecule has 0 atom stereocenters. The lowest BCUT2D eigenvalue weighted by molar-refractivity contribution is -0.126. The monoisotopic (exact) mass is 449 g/mol. The second-order valence-corrected chi connectivity index (χ2v) is 8.89. The average Bonchev–Trinajstić information content (AvgIpc) is 2.79. The first-order valence-electron chi connectivity index (χ1n) is 9.66. The zero-order valence-corrected chi connectivity index (χ0v) is 18.1. The van der Waals surface area contributed by atoms with Crippen molar-refractivity contribution in [1.29, 1.82) is 0 Å². The van der Waals surface area contributed by atoms with Crippen LogP contribution in [0.4, 0.5) is 4.39 Å². The highest BCUT2D eigenvalue weighted by atomic mass is 32.2. The Morgan fingerprint density at radius 2 is 1.81 bits per heavy atom. The zero-order valence-electron chi connectivity index (χ0n) is 17.2. The third-order valence-electron chi connectivity index (χ3n) is 5.10. The van der Waals surface area contributed by atoms with Crippen LogP contribution in [0.15, 0.2) is 52.5 Å². The van der Waals surface area contributed by atoms with Crippen LogP contribution < -0.4 is 14.9 Å². The van der Waals surface area contributed by atoms with Crippen molar-refractivity contribution in [2.75, 3.05) is 27.3 Å². The normalized spacial score (nSPS) is 15.7. The average molecular weight is 450 g/mol. The highest BCUT2D eigenvalue weighted by Crippen LogP contribution is 2.32. The molecule has 8 nitrogen and oxygen atoms in total. The Kier molecular flexibility index (Phi) is 7.24. The van der Waals surface area contributed by atoms with Gasteiger partial charge in [0.05, 0.1) is 25.3 Å². The number of nitrogens with zero attached hydrogens (tertiary/aromatic N) is 2. The van der Waals surface area contributed by atoms with Gasteiger partial charge in [0.1, 0.15) is 5.82 Å². The summed E-state index contributed by atoms with van der Waals surface area (Å²) in [4.78, 5) is 12.4. The van der Waals surface area contributed by atoms with Crippen LogP contribution in [-0.2, 0) is 14.8 Å². The summed E-state index contributed by atoms with van der Waals surface area (Å²) in [6, 6.07) is 10.5. The van der Waals surface area contributed by atoms with Gasteiger partial charge in [0.25, 0.3) is 0 Å². The summed E-state index contributed by atoms with van der Waals surface area (Å²) in [6.07, 6.45) is 1.95. The molecule has 0 bridgehead atoms. The molecule has 0 aliphatic carbocycles. The fourth-order valence-electron chi connectivity index (χ4n) is 3.32. The molecule has 2 aromatic rings. The maximum atomic E-state index is 13.6. The molecule has 1 heterocycles. The molecule has 0 aromatic heterocycles. The SMILES string of the molecule is COc1ccc(S(=O)(=O)N2CCC(C(=O)N/N=C\c3ccccc3F)CC2)cc1OC. The van der Waals surface area contributed by atoms with Crippen molar-refractivity contribution in [3.63, 3.8) is 0 Å². The van der Waals surface area contributed by atoms with Gasteiger partial charge >= 0.3 is 0 Å². The number of halogens is 1. The van der Waals surface area contributed by atoms with Gasteiger partial charge in [-0.1, -0.05) is 18.2 Å². The van der Waals surface area contributed by atoms with E-state index < -0.39 is 15.8 Å². The number of methoxy groups -OCH3 is 2. The summed E-state index contributed by atoms with van der Waals surface area (Å²) in [5.41, 5.74) is 2.67. The Morgan fingerprint density at radius 3 is 2.45 bits per heavy atom. The van der Waals surface area contributed by atoms with E-state index in [-0.39, 0.29) is 35.4 Å². The van der Waals surface area contributed by atoms with Gasteiger partial charge in [0.2, 0.25) is 15.9 Å². The van der Waals surface area contributed by atoms with Gasteiger partial charge in [-0.05, 0) is 31.0 Å². The van der Waals surface area contributed by atoms with Crippen LogP contribution in [0.2, 0.25) is 0 Å². The van der Waals surface area contributed by atoms with Crippen LogP contribution in [0.25, 0.3) is 0 Å². The van der Waals surface area contributed by atoms with Gasteiger partial charge in [0.15, 0.2) is 11.5 Å². The molecule has 1 fully saturated rings. The summed E-state index contributed by atoms with van der Waals surface area (Å²) in [5, 5.41) is 3.81. The van der Waals surface area contributed by atoms with Crippen LogP contribution >= 0.6 is 0 Å². The summed E-state index contributed by atoms with van der Waals surface area (Å²) < 4.78 is 51.2. The maximum Gasteiger partial charge on any atom is 0.243 e. The fourth-order valence-corrected chi connectivity index (χ4v) is 4.81. The topological polar surface area (TPSA) is 97.3 Å². The molecule has 0 saturated carbocycles. The Bertz CT molecular complexity index is 1070. The van der Waals surface area contributed by atoms with Gasteiger partial charge < -0.3 is 9.47 Å². The summed E-state index contributed by atoms with van der Waals surface area (Å²) >= 11 is 0. The van der Waals surface area contributed by atoms with E-state index in [1.165, 1.54) is 42.9 Å². The summed E-state index contributed by atoms with van der Waals surface area (Å²) in [5.74, 6) is -0.377. The Hall–Kier alpha value is -2.98. The molecule has 31 heavy (non-hydrogen) atoms. The molecular weight excluding hydrogens is 425 g/mol. The lowest BCUT2D eigenvalue weighted by Crippen LogP contribution is -2.42. The molecular formula is C21H24FN3O5S. The van der Waals surface area contributed by atoms with Crippen LogP contribution in [0, 0.1) is 11.7 Å². The standard InChI is InChI=1S/C21H24FN3O5S/c1-29-19-8-7-17(13-20(19)30-2)31(27,28)25-11-9-15(10-12-25)21(26)24-23-14-16-5-3-4-6-18(16)22/h3-8,13-15H,9-12H2,1-2H3,(H,24,26)/b23-14-. The fraction of sp³-hybridized carbons (Fsp3) is 0.333. The number of nitrogens with one attached hydrogen (secondary N) is 1. The lowest BCUT2D eigenvalue weighted by atomic mass is 9.98. The molecule has 166 valence electrons. The van der Waals surface area contributed by atoms with Crippen molar-refractivity contribution in [2.24, 2.45) is 11.0 Å². The van der Waals surface area contributed by atoms with Crippen molar-refractivity contribution in [3.05, 3.63) is 53.8 Å².